The SMILES string of the molecule is CC.CN(C)S(=O)(=O)c1ccc(N2CCC(O)C2)c(-c2cc3ccccc3[nH]2)c1. The van der Waals surface area contributed by atoms with E-state index >= 15 is 0 Å². The first-order valence-corrected chi connectivity index (χ1v) is 11.4. The molecule has 1 saturated heterocycles. The second kappa shape index (κ2) is 8.57. The number of nitrogens with one attached hydrogen (secondary N) is 1. The Kier molecular flexibility index (Phi) is 6.31. The van der Waals surface area contributed by atoms with Crippen LogP contribution >= 0.6 is 0 Å². The van der Waals surface area contributed by atoms with Gasteiger partial charge in [-0.05, 0) is 36.8 Å². The molecule has 1 aliphatic heterocycles. The molecule has 2 heterocycles. The minimum absolute atomic E-state index is 0.254. The van der Waals surface area contributed by atoms with Gasteiger partial charge in [0, 0.05) is 55.0 Å². The molecule has 1 aromatic heterocycles. The van der Waals surface area contributed by atoms with Gasteiger partial charge in [0.25, 0.3) is 0 Å². The number of β-amino-alcohol motifs (C(OH)–C–C–N with tert-alkyl or cyclic N) is 1. The number of H-pyrrole nitrogens is 1. The number of para-hydroxylation sites is 1. The van der Waals surface area contributed by atoms with Crippen LogP contribution in [0.1, 0.15) is 20.3 Å². The van der Waals surface area contributed by atoms with Crippen molar-refractivity contribution in [1.29, 1.82) is 0 Å². The predicted molar refractivity (Wildman–Crippen MR) is 119 cm³/mol. The maximum atomic E-state index is 12.6. The Morgan fingerprint density at radius 2 is 1.83 bits per heavy atom. The Morgan fingerprint density at radius 3 is 2.45 bits per heavy atom. The Hall–Kier alpha value is -2.35. The van der Waals surface area contributed by atoms with E-state index in [-0.39, 0.29) is 11.0 Å². The molecule has 1 atom stereocenters. The van der Waals surface area contributed by atoms with Gasteiger partial charge in [-0.2, -0.15) is 0 Å². The molecule has 1 fully saturated rings. The molecule has 3 aromatic rings. The number of benzene rings is 2. The molecule has 4 rings (SSSR count). The number of sulfonamides is 1. The van der Waals surface area contributed by atoms with Crippen molar-refractivity contribution < 1.29 is 13.5 Å². The summed E-state index contributed by atoms with van der Waals surface area (Å²) >= 11 is 0. The third kappa shape index (κ3) is 4.17. The smallest absolute Gasteiger partial charge is 0.242 e. The van der Waals surface area contributed by atoms with Gasteiger partial charge in [0.1, 0.15) is 0 Å². The molecule has 156 valence electrons. The number of aromatic nitrogens is 1. The van der Waals surface area contributed by atoms with Crippen molar-refractivity contribution in [3.63, 3.8) is 0 Å². The highest BCUT2D eigenvalue weighted by molar-refractivity contribution is 7.89. The molecule has 0 spiro atoms. The largest absolute Gasteiger partial charge is 0.391 e. The fourth-order valence-corrected chi connectivity index (χ4v) is 4.49. The molecule has 2 aromatic carbocycles. The van der Waals surface area contributed by atoms with Crippen molar-refractivity contribution in [3.8, 4) is 11.3 Å². The lowest BCUT2D eigenvalue weighted by Gasteiger charge is -2.22. The highest BCUT2D eigenvalue weighted by Crippen LogP contribution is 2.36. The number of aliphatic hydroxyl groups excluding tert-OH is 1. The number of fused-ring (bicyclic) bond motifs is 1. The number of rotatable bonds is 4. The van der Waals surface area contributed by atoms with Gasteiger partial charge in [-0.3, -0.25) is 0 Å². The van der Waals surface area contributed by atoms with Crippen LogP contribution in [0.15, 0.2) is 53.4 Å². The van der Waals surface area contributed by atoms with Crippen LogP contribution < -0.4 is 4.90 Å². The van der Waals surface area contributed by atoms with E-state index in [2.05, 4.69) is 9.88 Å². The van der Waals surface area contributed by atoms with E-state index in [1.54, 1.807) is 12.1 Å². The van der Waals surface area contributed by atoms with Crippen LogP contribution in [0.5, 0.6) is 0 Å². The Morgan fingerprint density at radius 1 is 1.10 bits per heavy atom. The van der Waals surface area contributed by atoms with Gasteiger partial charge in [-0.15, -0.1) is 0 Å². The van der Waals surface area contributed by atoms with Crippen LogP contribution in [0.25, 0.3) is 22.2 Å². The number of aliphatic hydroxyl groups is 1. The number of anilines is 1. The maximum absolute atomic E-state index is 12.6. The summed E-state index contributed by atoms with van der Waals surface area (Å²) in [5, 5.41) is 11.0. The Bertz CT molecular complexity index is 1060. The summed E-state index contributed by atoms with van der Waals surface area (Å²) in [4.78, 5) is 5.76. The van der Waals surface area contributed by atoms with E-state index in [9.17, 15) is 13.5 Å². The number of hydrogen-bond donors (Lipinski definition) is 2. The van der Waals surface area contributed by atoms with Crippen molar-refractivity contribution in [2.75, 3.05) is 32.1 Å². The fraction of sp³-hybridized carbons (Fsp3) is 0.364. The van der Waals surface area contributed by atoms with Gasteiger partial charge in [0.05, 0.1) is 11.0 Å². The summed E-state index contributed by atoms with van der Waals surface area (Å²) in [6.07, 6.45) is 0.356. The molecular formula is C22H29N3O3S. The van der Waals surface area contributed by atoms with Crippen molar-refractivity contribution in [3.05, 3.63) is 48.5 Å². The van der Waals surface area contributed by atoms with E-state index in [4.69, 9.17) is 0 Å². The monoisotopic (exact) mass is 415 g/mol. The van der Waals surface area contributed by atoms with Gasteiger partial charge >= 0.3 is 0 Å². The van der Waals surface area contributed by atoms with Crippen LogP contribution in [0.2, 0.25) is 0 Å². The highest BCUT2D eigenvalue weighted by Gasteiger charge is 2.25. The van der Waals surface area contributed by atoms with Crippen LogP contribution in [0, 0.1) is 0 Å². The molecular weight excluding hydrogens is 386 g/mol. The molecule has 2 N–H and O–H groups in total. The van der Waals surface area contributed by atoms with Crippen LogP contribution in [-0.4, -0.2) is 56.1 Å². The van der Waals surface area contributed by atoms with Crippen molar-refractivity contribution in [2.45, 2.75) is 31.3 Å². The van der Waals surface area contributed by atoms with Crippen molar-refractivity contribution in [1.82, 2.24) is 9.29 Å². The first kappa shape index (κ1) is 21.4. The summed E-state index contributed by atoms with van der Waals surface area (Å²) in [6, 6.07) is 15.2. The number of hydrogen-bond acceptors (Lipinski definition) is 4. The van der Waals surface area contributed by atoms with Crippen LogP contribution in [0.4, 0.5) is 5.69 Å². The summed E-state index contributed by atoms with van der Waals surface area (Å²) in [6.45, 7) is 5.29. The van der Waals surface area contributed by atoms with E-state index in [0.717, 1.165) is 34.4 Å². The topological polar surface area (TPSA) is 76.6 Å². The van der Waals surface area contributed by atoms with E-state index in [0.29, 0.717) is 13.0 Å². The lowest BCUT2D eigenvalue weighted by Crippen LogP contribution is -2.24. The van der Waals surface area contributed by atoms with Gasteiger partial charge in [-0.1, -0.05) is 32.0 Å². The van der Waals surface area contributed by atoms with Crippen LogP contribution in [0.3, 0.4) is 0 Å². The van der Waals surface area contributed by atoms with Crippen molar-refractivity contribution >= 4 is 26.6 Å². The summed E-state index contributed by atoms with van der Waals surface area (Å²) in [5.41, 5.74) is 3.61. The Balaban J connectivity index is 0.00000117. The zero-order chi connectivity index (χ0) is 21.2. The average Bonchev–Trinajstić information content (AvgIpc) is 3.35. The molecule has 29 heavy (non-hydrogen) atoms. The van der Waals surface area contributed by atoms with Crippen LogP contribution in [-0.2, 0) is 10.0 Å². The zero-order valence-electron chi connectivity index (χ0n) is 17.4. The molecule has 0 saturated carbocycles. The fourth-order valence-electron chi connectivity index (χ4n) is 3.56. The van der Waals surface area contributed by atoms with Gasteiger partial charge < -0.3 is 15.0 Å². The minimum atomic E-state index is -3.54. The normalized spacial score (nSPS) is 16.9. The molecule has 0 amide bonds. The maximum Gasteiger partial charge on any atom is 0.242 e. The molecule has 0 bridgehead atoms. The van der Waals surface area contributed by atoms with Gasteiger partial charge in [0.2, 0.25) is 10.0 Å². The minimum Gasteiger partial charge on any atom is -0.391 e. The molecule has 6 nitrogen and oxygen atoms in total. The summed E-state index contributed by atoms with van der Waals surface area (Å²) in [7, 11) is -0.476. The number of aromatic amines is 1. The van der Waals surface area contributed by atoms with E-state index < -0.39 is 10.0 Å². The first-order chi connectivity index (χ1) is 13.9. The third-order valence-corrected chi connectivity index (χ3v) is 6.88. The highest BCUT2D eigenvalue weighted by atomic mass is 32.2. The van der Waals surface area contributed by atoms with E-state index in [1.807, 2.05) is 50.2 Å². The average molecular weight is 416 g/mol. The van der Waals surface area contributed by atoms with Crippen molar-refractivity contribution in [2.24, 2.45) is 0 Å². The van der Waals surface area contributed by atoms with Gasteiger partial charge in [-0.25, -0.2) is 12.7 Å². The standard InChI is InChI=1S/C20H23N3O3S.C2H6/c1-22(2)27(25,26)16-7-8-20(23-10-9-15(24)13-23)17(12-16)19-11-14-5-3-4-6-18(14)21-19;1-2/h3-8,11-12,15,21,24H,9-10,13H2,1-2H3;1-2H3. The number of nitrogens with zero attached hydrogens (tertiary/aromatic N) is 2. The quantitative estimate of drug-likeness (QED) is 0.681. The predicted octanol–water partition coefficient (Wildman–Crippen LogP) is 3.68. The molecule has 0 radical (unpaired) electrons. The first-order valence-electron chi connectivity index (χ1n) is 9.94. The summed E-state index contributed by atoms with van der Waals surface area (Å²) < 4.78 is 26.5. The lowest BCUT2D eigenvalue weighted by molar-refractivity contribution is 0.198. The third-order valence-electron chi connectivity index (χ3n) is 5.07. The lowest BCUT2D eigenvalue weighted by atomic mass is 10.1. The van der Waals surface area contributed by atoms with Gasteiger partial charge in [0.15, 0.2) is 0 Å². The molecule has 0 aliphatic carbocycles. The second-order valence-corrected chi connectivity index (χ2v) is 9.28. The Labute approximate surface area is 172 Å². The molecule has 1 unspecified atom stereocenters. The zero-order valence-corrected chi connectivity index (χ0v) is 18.2. The molecule has 7 heteroatoms. The molecule has 1 aliphatic rings. The second-order valence-electron chi connectivity index (χ2n) is 7.13. The van der Waals surface area contributed by atoms with E-state index in [1.165, 1.54) is 18.4 Å². The summed E-state index contributed by atoms with van der Waals surface area (Å²) in [5.74, 6) is 0.